The van der Waals surface area contributed by atoms with Gasteiger partial charge < -0.3 is 16.2 Å². The van der Waals surface area contributed by atoms with Crippen LogP contribution < -0.4 is 16.2 Å². The molecule has 0 aliphatic rings. The third-order valence-electron chi connectivity index (χ3n) is 1.64. The lowest BCUT2D eigenvalue weighted by molar-refractivity contribution is 0.338. The van der Waals surface area contributed by atoms with Gasteiger partial charge in [0.05, 0.1) is 12.3 Å². The molecule has 0 bridgehead atoms. The molecule has 0 unspecified atom stereocenters. The van der Waals surface area contributed by atoms with Gasteiger partial charge in [-0.25, -0.2) is 0 Å². The third-order valence-corrected chi connectivity index (χ3v) is 1.64. The monoisotopic (exact) mass is 166 g/mol. The van der Waals surface area contributed by atoms with Crippen LogP contribution in [0.4, 0.5) is 5.69 Å². The highest BCUT2D eigenvalue weighted by molar-refractivity contribution is 5.56. The van der Waals surface area contributed by atoms with E-state index in [1.165, 1.54) is 0 Å². The summed E-state index contributed by atoms with van der Waals surface area (Å²) in [6.07, 6.45) is 0. The van der Waals surface area contributed by atoms with Crippen molar-refractivity contribution in [3.63, 3.8) is 0 Å². The number of benzene rings is 1. The number of hydrogen-bond acceptors (Lipinski definition) is 3. The number of nitrogen functional groups attached to an aromatic ring is 1. The Bertz CT molecular complexity index is 261. The molecular formula is C9H14N2O. The molecule has 3 heteroatoms. The summed E-state index contributed by atoms with van der Waals surface area (Å²) in [5.74, 6) is 0.725. The van der Waals surface area contributed by atoms with Crippen molar-refractivity contribution in [1.82, 2.24) is 0 Å². The standard InChI is InChI=1S/C9H14N2O/c1-2-12-9-7(6-10)4-3-5-8(9)11/h3-5H,2,6,10-11H2,1H3. The summed E-state index contributed by atoms with van der Waals surface area (Å²) in [7, 11) is 0. The van der Waals surface area contributed by atoms with Gasteiger partial charge in [-0.05, 0) is 13.0 Å². The molecule has 0 aliphatic heterocycles. The molecule has 0 saturated carbocycles. The van der Waals surface area contributed by atoms with Gasteiger partial charge in [0.1, 0.15) is 5.75 Å². The molecule has 0 aliphatic carbocycles. The Hall–Kier alpha value is -1.22. The van der Waals surface area contributed by atoms with E-state index in [1.54, 1.807) is 0 Å². The molecule has 0 amide bonds. The second-order valence-electron chi connectivity index (χ2n) is 2.47. The van der Waals surface area contributed by atoms with Crippen molar-refractivity contribution in [3.8, 4) is 5.75 Å². The largest absolute Gasteiger partial charge is 0.491 e. The summed E-state index contributed by atoms with van der Waals surface area (Å²) in [6.45, 7) is 2.99. The van der Waals surface area contributed by atoms with Crippen LogP contribution in [0.1, 0.15) is 12.5 Å². The van der Waals surface area contributed by atoms with Gasteiger partial charge in [-0.3, -0.25) is 0 Å². The SMILES string of the molecule is CCOc1c(N)cccc1CN. The lowest BCUT2D eigenvalue weighted by Crippen LogP contribution is -2.04. The maximum atomic E-state index is 5.70. The predicted octanol–water partition coefficient (Wildman–Crippen LogP) is 1.13. The Morgan fingerprint density at radius 1 is 1.42 bits per heavy atom. The molecule has 0 heterocycles. The molecule has 0 atom stereocenters. The van der Waals surface area contributed by atoms with E-state index >= 15 is 0 Å². The van der Waals surface area contributed by atoms with Crippen LogP contribution in [0.3, 0.4) is 0 Å². The van der Waals surface area contributed by atoms with Crippen LogP contribution in [-0.4, -0.2) is 6.61 Å². The van der Waals surface area contributed by atoms with E-state index < -0.39 is 0 Å². The summed E-state index contributed by atoms with van der Waals surface area (Å²) in [6, 6.07) is 5.60. The number of anilines is 1. The minimum absolute atomic E-state index is 0.459. The van der Waals surface area contributed by atoms with Gasteiger partial charge in [0.2, 0.25) is 0 Å². The Morgan fingerprint density at radius 2 is 2.17 bits per heavy atom. The van der Waals surface area contributed by atoms with Crippen LogP contribution in [-0.2, 0) is 6.54 Å². The fourth-order valence-corrected chi connectivity index (χ4v) is 1.09. The minimum Gasteiger partial charge on any atom is -0.491 e. The average molecular weight is 166 g/mol. The number of nitrogens with two attached hydrogens (primary N) is 2. The highest BCUT2D eigenvalue weighted by Crippen LogP contribution is 2.25. The van der Waals surface area contributed by atoms with Crippen LogP contribution in [0, 0.1) is 0 Å². The van der Waals surface area contributed by atoms with E-state index in [2.05, 4.69) is 0 Å². The van der Waals surface area contributed by atoms with Crippen LogP contribution in [0.25, 0.3) is 0 Å². The van der Waals surface area contributed by atoms with Crippen LogP contribution in [0.2, 0.25) is 0 Å². The summed E-state index contributed by atoms with van der Waals surface area (Å²) >= 11 is 0. The van der Waals surface area contributed by atoms with Gasteiger partial charge in [-0.2, -0.15) is 0 Å². The van der Waals surface area contributed by atoms with Crippen molar-refractivity contribution < 1.29 is 4.74 Å². The van der Waals surface area contributed by atoms with Gasteiger partial charge in [0.15, 0.2) is 0 Å². The molecule has 0 saturated heterocycles. The normalized spacial score (nSPS) is 9.83. The van der Waals surface area contributed by atoms with Gasteiger partial charge in [0.25, 0.3) is 0 Å². The Labute approximate surface area is 72.3 Å². The van der Waals surface area contributed by atoms with E-state index in [1.807, 2.05) is 25.1 Å². The first kappa shape index (κ1) is 8.87. The van der Waals surface area contributed by atoms with E-state index in [0.29, 0.717) is 18.8 Å². The van der Waals surface area contributed by atoms with E-state index in [4.69, 9.17) is 16.2 Å². The van der Waals surface area contributed by atoms with Crippen molar-refractivity contribution in [1.29, 1.82) is 0 Å². The molecule has 1 rings (SSSR count). The maximum absolute atomic E-state index is 5.70. The molecule has 0 radical (unpaired) electrons. The summed E-state index contributed by atoms with van der Waals surface area (Å²) in [5, 5.41) is 0. The number of rotatable bonds is 3. The summed E-state index contributed by atoms with van der Waals surface area (Å²) in [4.78, 5) is 0. The first-order valence-electron chi connectivity index (χ1n) is 3.99. The first-order chi connectivity index (χ1) is 5.79. The fourth-order valence-electron chi connectivity index (χ4n) is 1.09. The minimum atomic E-state index is 0.459. The maximum Gasteiger partial charge on any atom is 0.146 e. The molecular weight excluding hydrogens is 152 g/mol. The highest BCUT2D eigenvalue weighted by Gasteiger charge is 2.04. The van der Waals surface area contributed by atoms with E-state index in [0.717, 1.165) is 11.3 Å². The molecule has 0 fully saturated rings. The molecule has 1 aromatic carbocycles. The van der Waals surface area contributed by atoms with Gasteiger partial charge >= 0.3 is 0 Å². The number of hydrogen-bond donors (Lipinski definition) is 2. The lowest BCUT2D eigenvalue weighted by atomic mass is 10.2. The van der Waals surface area contributed by atoms with Crippen molar-refractivity contribution in [2.45, 2.75) is 13.5 Å². The van der Waals surface area contributed by atoms with Crippen LogP contribution in [0.5, 0.6) is 5.75 Å². The smallest absolute Gasteiger partial charge is 0.146 e. The molecule has 0 spiro atoms. The quantitative estimate of drug-likeness (QED) is 0.661. The molecule has 0 aromatic heterocycles. The third kappa shape index (κ3) is 1.68. The van der Waals surface area contributed by atoms with E-state index in [9.17, 15) is 0 Å². The Balaban J connectivity index is 3.02. The van der Waals surface area contributed by atoms with Gasteiger partial charge in [-0.15, -0.1) is 0 Å². The van der Waals surface area contributed by atoms with Crippen molar-refractivity contribution >= 4 is 5.69 Å². The van der Waals surface area contributed by atoms with Crippen LogP contribution >= 0.6 is 0 Å². The topological polar surface area (TPSA) is 61.3 Å². The summed E-state index contributed by atoms with van der Waals surface area (Å²) < 4.78 is 5.35. The zero-order valence-electron chi connectivity index (χ0n) is 7.21. The van der Waals surface area contributed by atoms with Crippen molar-refractivity contribution in [2.75, 3.05) is 12.3 Å². The van der Waals surface area contributed by atoms with E-state index in [-0.39, 0.29) is 0 Å². The summed E-state index contributed by atoms with van der Waals surface area (Å²) in [5.41, 5.74) is 12.8. The molecule has 1 aromatic rings. The highest BCUT2D eigenvalue weighted by atomic mass is 16.5. The Kier molecular flexibility index (Phi) is 2.94. The lowest BCUT2D eigenvalue weighted by Gasteiger charge is -2.10. The first-order valence-corrected chi connectivity index (χ1v) is 3.99. The van der Waals surface area contributed by atoms with Crippen LogP contribution in [0.15, 0.2) is 18.2 Å². The molecule has 66 valence electrons. The second-order valence-corrected chi connectivity index (χ2v) is 2.47. The molecule has 12 heavy (non-hydrogen) atoms. The molecule has 3 nitrogen and oxygen atoms in total. The average Bonchev–Trinajstić information content (AvgIpc) is 2.09. The van der Waals surface area contributed by atoms with Crippen molar-refractivity contribution in [3.05, 3.63) is 23.8 Å². The van der Waals surface area contributed by atoms with Crippen molar-refractivity contribution in [2.24, 2.45) is 5.73 Å². The van der Waals surface area contributed by atoms with Gasteiger partial charge in [-0.1, -0.05) is 12.1 Å². The molecule has 4 N–H and O–H groups in total. The second kappa shape index (κ2) is 3.97. The number of ether oxygens (including phenoxy) is 1. The number of para-hydroxylation sites is 1. The fraction of sp³-hybridized carbons (Fsp3) is 0.333. The Morgan fingerprint density at radius 3 is 2.75 bits per heavy atom. The van der Waals surface area contributed by atoms with Gasteiger partial charge in [0, 0.05) is 12.1 Å². The zero-order valence-corrected chi connectivity index (χ0v) is 7.21. The zero-order chi connectivity index (χ0) is 8.97. The predicted molar refractivity (Wildman–Crippen MR) is 49.9 cm³/mol.